The van der Waals surface area contributed by atoms with Crippen LogP contribution in [-0.4, -0.2) is 21.6 Å². The van der Waals surface area contributed by atoms with Gasteiger partial charge in [0.15, 0.2) is 0 Å². The maximum atomic E-state index is 12.5. The zero-order chi connectivity index (χ0) is 14.7. The van der Waals surface area contributed by atoms with Crippen LogP contribution in [0.2, 0.25) is 0 Å². The van der Waals surface area contributed by atoms with Crippen molar-refractivity contribution in [2.45, 2.75) is 38.4 Å². The third kappa shape index (κ3) is 5.15. The number of rotatable bonds is 5. The van der Waals surface area contributed by atoms with Crippen LogP contribution in [0.3, 0.4) is 0 Å². The van der Waals surface area contributed by atoms with Gasteiger partial charge in [-0.25, -0.2) is 4.98 Å². The van der Waals surface area contributed by atoms with Crippen LogP contribution in [0.5, 0.6) is 0 Å². The molecule has 0 aromatic carbocycles. The molecule has 1 rings (SSSR count). The van der Waals surface area contributed by atoms with E-state index in [2.05, 4.69) is 10.3 Å². The molecule has 0 amide bonds. The van der Waals surface area contributed by atoms with Gasteiger partial charge in [0.25, 0.3) is 0 Å². The minimum absolute atomic E-state index is 0.0705. The second kappa shape index (κ2) is 5.46. The number of halogens is 3. The average Bonchev–Trinajstić information content (AvgIpc) is 2.25. The van der Waals surface area contributed by atoms with Gasteiger partial charge in [0.2, 0.25) is 0 Å². The van der Waals surface area contributed by atoms with E-state index in [-0.39, 0.29) is 18.7 Å². The molecule has 106 valence electrons. The lowest BCUT2D eigenvalue weighted by Gasteiger charge is -2.26. The molecule has 1 aromatic rings. The summed E-state index contributed by atoms with van der Waals surface area (Å²) in [6, 6.07) is 1.79. The van der Waals surface area contributed by atoms with Gasteiger partial charge in [-0.1, -0.05) is 0 Å². The molecule has 0 radical (unpaired) electrons. The summed E-state index contributed by atoms with van der Waals surface area (Å²) in [5.74, 6) is -0.878. The highest BCUT2D eigenvalue weighted by Gasteiger charge is 2.31. The van der Waals surface area contributed by atoms with Gasteiger partial charge in [0, 0.05) is 18.2 Å². The molecule has 1 heterocycles. The average molecular weight is 276 g/mol. The van der Waals surface area contributed by atoms with Gasteiger partial charge in [0.1, 0.15) is 5.82 Å². The van der Waals surface area contributed by atoms with E-state index < -0.39 is 23.2 Å². The molecule has 19 heavy (non-hydrogen) atoms. The molecule has 2 N–H and O–H groups in total. The summed E-state index contributed by atoms with van der Waals surface area (Å²) in [6.07, 6.45) is -3.15. The number of nitrogens with one attached hydrogen (secondary N) is 1. The molecule has 0 saturated carbocycles. The van der Waals surface area contributed by atoms with Crippen molar-refractivity contribution in [2.75, 3.05) is 5.32 Å². The second-order valence-corrected chi connectivity index (χ2v) is 4.83. The first kappa shape index (κ1) is 15.3. The molecule has 0 aliphatic carbocycles. The summed E-state index contributed by atoms with van der Waals surface area (Å²) >= 11 is 0. The number of aliphatic carboxylic acids is 1. The number of carbonyl (C=O) groups is 1. The van der Waals surface area contributed by atoms with Crippen LogP contribution in [0, 0.1) is 0 Å². The second-order valence-electron chi connectivity index (χ2n) is 4.83. The molecule has 0 unspecified atom stereocenters. The van der Waals surface area contributed by atoms with E-state index >= 15 is 0 Å². The van der Waals surface area contributed by atoms with E-state index in [4.69, 9.17) is 5.11 Å². The van der Waals surface area contributed by atoms with Crippen LogP contribution >= 0.6 is 0 Å². The predicted molar refractivity (Wildman–Crippen MR) is 63.8 cm³/mol. The molecule has 0 spiro atoms. The first-order chi connectivity index (χ1) is 8.60. The Bertz CT molecular complexity index is 459. The Balaban J connectivity index is 2.79. The minimum Gasteiger partial charge on any atom is -0.481 e. The topological polar surface area (TPSA) is 62.2 Å². The van der Waals surface area contributed by atoms with E-state index in [1.165, 1.54) is 0 Å². The van der Waals surface area contributed by atoms with Crippen molar-refractivity contribution in [3.05, 3.63) is 23.9 Å². The Labute approximate surface area is 108 Å². The highest BCUT2D eigenvalue weighted by atomic mass is 19.4. The third-order valence-corrected chi connectivity index (χ3v) is 2.52. The zero-order valence-electron chi connectivity index (χ0n) is 10.6. The van der Waals surface area contributed by atoms with E-state index in [9.17, 15) is 18.0 Å². The van der Waals surface area contributed by atoms with Crippen LogP contribution in [0.4, 0.5) is 19.0 Å². The number of alkyl halides is 3. The molecule has 0 aliphatic heterocycles. The molecule has 7 heteroatoms. The number of aromatic nitrogens is 1. The number of pyridine rings is 1. The molecule has 0 bridgehead atoms. The fourth-order valence-electron chi connectivity index (χ4n) is 1.50. The molecule has 0 saturated heterocycles. The number of nitrogens with zero attached hydrogens (tertiary/aromatic N) is 1. The maximum absolute atomic E-state index is 12.5. The number of hydrogen-bond acceptors (Lipinski definition) is 3. The lowest BCUT2D eigenvalue weighted by atomic mass is 9.98. The van der Waals surface area contributed by atoms with Crippen molar-refractivity contribution < 1.29 is 23.1 Å². The standard InChI is InChI=1S/C12H15F3N2O2/c1-11(2,5-3-10(18)19)17-9-7-8(4-6-16-9)12(13,14)15/h4,6-7H,3,5H2,1-2H3,(H,16,17)(H,18,19). The molecule has 4 nitrogen and oxygen atoms in total. The molecular weight excluding hydrogens is 261 g/mol. The third-order valence-electron chi connectivity index (χ3n) is 2.52. The Morgan fingerprint density at radius 3 is 2.58 bits per heavy atom. The highest BCUT2D eigenvalue weighted by Crippen LogP contribution is 2.30. The van der Waals surface area contributed by atoms with Crippen LogP contribution in [0.25, 0.3) is 0 Å². The van der Waals surface area contributed by atoms with E-state index in [0.717, 1.165) is 18.3 Å². The van der Waals surface area contributed by atoms with Gasteiger partial charge < -0.3 is 10.4 Å². The van der Waals surface area contributed by atoms with Crippen molar-refractivity contribution in [3.8, 4) is 0 Å². The summed E-state index contributed by atoms with van der Waals surface area (Å²) in [5, 5.41) is 11.4. The molecular formula is C12H15F3N2O2. The van der Waals surface area contributed by atoms with Crippen LogP contribution in [-0.2, 0) is 11.0 Å². The van der Waals surface area contributed by atoms with Crippen molar-refractivity contribution in [3.63, 3.8) is 0 Å². The first-order valence-electron chi connectivity index (χ1n) is 5.63. The summed E-state index contributed by atoms with van der Waals surface area (Å²) < 4.78 is 37.6. The number of carboxylic acid groups (broad SMARTS) is 1. The molecule has 0 atom stereocenters. The quantitative estimate of drug-likeness (QED) is 0.867. The van der Waals surface area contributed by atoms with Gasteiger partial charge in [0.05, 0.1) is 5.56 Å². The zero-order valence-corrected chi connectivity index (χ0v) is 10.6. The van der Waals surface area contributed by atoms with Crippen molar-refractivity contribution in [2.24, 2.45) is 0 Å². The lowest BCUT2D eigenvalue weighted by Crippen LogP contribution is -2.32. The number of hydrogen-bond donors (Lipinski definition) is 2. The molecule has 0 fully saturated rings. The Morgan fingerprint density at radius 1 is 1.42 bits per heavy atom. The highest BCUT2D eigenvalue weighted by molar-refractivity contribution is 5.66. The first-order valence-corrected chi connectivity index (χ1v) is 5.63. The summed E-state index contributed by atoms with van der Waals surface area (Å²) in [4.78, 5) is 14.3. The number of anilines is 1. The van der Waals surface area contributed by atoms with Gasteiger partial charge >= 0.3 is 12.1 Å². The van der Waals surface area contributed by atoms with Gasteiger partial charge in [-0.2, -0.15) is 13.2 Å². The van der Waals surface area contributed by atoms with Gasteiger partial charge in [-0.15, -0.1) is 0 Å². The van der Waals surface area contributed by atoms with E-state index in [0.29, 0.717) is 0 Å². The summed E-state index contributed by atoms with van der Waals surface area (Å²) in [7, 11) is 0. The normalized spacial score (nSPS) is 12.3. The van der Waals surface area contributed by atoms with Crippen molar-refractivity contribution in [1.29, 1.82) is 0 Å². The van der Waals surface area contributed by atoms with E-state index in [1.54, 1.807) is 13.8 Å². The Morgan fingerprint density at radius 2 is 2.05 bits per heavy atom. The van der Waals surface area contributed by atoms with Crippen LogP contribution in [0.1, 0.15) is 32.3 Å². The summed E-state index contributed by atoms with van der Waals surface area (Å²) in [6.45, 7) is 3.41. The predicted octanol–water partition coefficient (Wildman–Crippen LogP) is 3.16. The molecule has 1 aromatic heterocycles. The van der Waals surface area contributed by atoms with Crippen molar-refractivity contribution >= 4 is 11.8 Å². The minimum atomic E-state index is -4.43. The Hall–Kier alpha value is -1.79. The largest absolute Gasteiger partial charge is 0.481 e. The van der Waals surface area contributed by atoms with Gasteiger partial charge in [-0.05, 0) is 32.4 Å². The van der Waals surface area contributed by atoms with Crippen molar-refractivity contribution in [1.82, 2.24) is 4.98 Å². The Kier molecular flexibility index (Phi) is 4.39. The maximum Gasteiger partial charge on any atom is 0.416 e. The fourth-order valence-corrected chi connectivity index (χ4v) is 1.50. The summed E-state index contributed by atoms with van der Waals surface area (Å²) in [5.41, 5.74) is -1.45. The fraction of sp³-hybridized carbons (Fsp3) is 0.500. The van der Waals surface area contributed by atoms with Crippen LogP contribution < -0.4 is 5.32 Å². The number of carboxylic acids is 1. The smallest absolute Gasteiger partial charge is 0.416 e. The molecule has 0 aliphatic rings. The van der Waals surface area contributed by atoms with Crippen LogP contribution in [0.15, 0.2) is 18.3 Å². The van der Waals surface area contributed by atoms with E-state index in [1.807, 2.05) is 0 Å². The lowest BCUT2D eigenvalue weighted by molar-refractivity contribution is -0.138. The van der Waals surface area contributed by atoms with Gasteiger partial charge in [-0.3, -0.25) is 4.79 Å². The SMILES string of the molecule is CC(C)(CCC(=O)O)Nc1cc(C(F)(F)F)ccn1. The monoisotopic (exact) mass is 276 g/mol.